The molecule has 0 aromatic rings. The quantitative estimate of drug-likeness (QED) is 0.347. The fraction of sp³-hybridized carbons (Fsp3) is 0.600. The van der Waals surface area contributed by atoms with Crippen molar-refractivity contribution in [2.45, 2.75) is 16.7 Å². The van der Waals surface area contributed by atoms with E-state index >= 15 is 0 Å². The van der Waals surface area contributed by atoms with Gasteiger partial charge in [0, 0.05) is 0 Å². The van der Waals surface area contributed by atoms with Gasteiger partial charge < -0.3 is 0 Å². The molecule has 0 radical (unpaired) electrons. The van der Waals surface area contributed by atoms with Crippen LogP contribution >= 0.6 is 15.9 Å². The SMILES string of the molecule is O=C=NC(=O)C(F)(F)C(F)(F)C(F)(F)Br. The van der Waals surface area contributed by atoms with E-state index in [2.05, 4.69) is 0 Å². The maximum absolute atomic E-state index is 12.4. The Morgan fingerprint density at radius 1 is 1.13 bits per heavy atom. The molecule has 0 aliphatic rings. The molecule has 0 N–H and O–H groups in total. The van der Waals surface area contributed by atoms with E-state index in [0.717, 1.165) is 15.9 Å². The van der Waals surface area contributed by atoms with Gasteiger partial charge in [-0.15, -0.1) is 4.99 Å². The van der Waals surface area contributed by atoms with Crippen LogP contribution in [0.3, 0.4) is 0 Å². The predicted octanol–water partition coefficient (Wildman–Crippen LogP) is 2.11. The van der Waals surface area contributed by atoms with Crippen molar-refractivity contribution in [3.63, 3.8) is 0 Å². The van der Waals surface area contributed by atoms with Gasteiger partial charge in [-0.1, -0.05) is 0 Å². The number of hydrogen-bond donors (Lipinski definition) is 0. The Balaban J connectivity index is 5.37. The average Bonchev–Trinajstić information content (AvgIpc) is 2.02. The molecular weight excluding hydrogens is 300 g/mol. The maximum Gasteiger partial charge on any atom is 0.396 e. The number of alkyl halides is 7. The van der Waals surface area contributed by atoms with Gasteiger partial charge in [-0.05, 0) is 15.9 Å². The van der Waals surface area contributed by atoms with E-state index in [1.807, 2.05) is 0 Å². The Bertz CT molecular complexity index is 318. The van der Waals surface area contributed by atoms with Gasteiger partial charge in [0.15, 0.2) is 0 Å². The second-order valence-corrected chi connectivity index (χ2v) is 3.15. The maximum atomic E-state index is 12.4. The van der Waals surface area contributed by atoms with Crippen LogP contribution in [0.15, 0.2) is 4.99 Å². The highest BCUT2D eigenvalue weighted by molar-refractivity contribution is 9.10. The molecule has 0 aliphatic carbocycles. The number of carbonyl (C=O) groups excluding carboxylic acids is 2. The highest BCUT2D eigenvalue weighted by Crippen LogP contribution is 2.49. The summed E-state index contributed by atoms with van der Waals surface area (Å²) in [5.74, 6) is -14.8. The van der Waals surface area contributed by atoms with E-state index in [0.29, 0.717) is 0 Å². The Hall–Kier alpha value is -0.890. The lowest BCUT2D eigenvalue weighted by Crippen LogP contribution is -2.55. The van der Waals surface area contributed by atoms with Gasteiger partial charge in [-0.2, -0.15) is 26.3 Å². The molecule has 0 saturated carbocycles. The van der Waals surface area contributed by atoms with E-state index < -0.39 is 22.6 Å². The summed E-state index contributed by atoms with van der Waals surface area (Å²) in [5, 5.41) is 0. The zero-order valence-corrected chi connectivity index (χ0v) is 8.00. The smallest absolute Gasteiger partial charge is 0.264 e. The number of carbonyl (C=O) groups is 1. The molecule has 0 fully saturated rings. The fourth-order valence-corrected chi connectivity index (χ4v) is 0.673. The number of amides is 1. The number of hydrogen-bond acceptors (Lipinski definition) is 2. The Morgan fingerprint density at radius 2 is 1.53 bits per heavy atom. The van der Waals surface area contributed by atoms with Crippen LogP contribution in [0.1, 0.15) is 0 Å². The van der Waals surface area contributed by atoms with Gasteiger partial charge in [0.25, 0.3) is 0 Å². The summed E-state index contributed by atoms with van der Waals surface area (Å²) in [6, 6.07) is 0. The largest absolute Gasteiger partial charge is 0.396 e. The van der Waals surface area contributed by atoms with Crippen LogP contribution in [-0.4, -0.2) is 28.7 Å². The van der Waals surface area contributed by atoms with Gasteiger partial charge in [0.2, 0.25) is 6.08 Å². The summed E-state index contributed by atoms with van der Waals surface area (Å²) in [7, 11) is 0. The lowest BCUT2D eigenvalue weighted by Gasteiger charge is -2.26. The molecule has 0 unspecified atom stereocenters. The van der Waals surface area contributed by atoms with Crippen LogP contribution in [0.25, 0.3) is 0 Å². The predicted molar refractivity (Wildman–Crippen MR) is 36.9 cm³/mol. The molecule has 0 heterocycles. The highest BCUT2D eigenvalue weighted by Gasteiger charge is 2.74. The minimum absolute atomic E-state index is 0.249. The normalized spacial score (nSPS) is 13.3. The van der Waals surface area contributed by atoms with Crippen molar-refractivity contribution < 1.29 is 35.9 Å². The second kappa shape index (κ2) is 3.93. The number of rotatable bonds is 3. The van der Waals surface area contributed by atoms with Crippen molar-refractivity contribution in [2.24, 2.45) is 4.99 Å². The number of aliphatic imine (C=N–C) groups is 1. The standard InChI is InChI=1S/C5BrF6NO2/c6-5(11,12)4(9,10)3(7,8)2(15)13-1-14. The summed E-state index contributed by atoms with van der Waals surface area (Å²) in [4.78, 5) is 15.8. The Labute approximate surface area is 86.3 Å². The molecule has 3 nitrogen and oxygen atoms in total. The van der Waals surface area contributed by atoms with E-state index in [4.69, 9.17) is 0 Å². The third-order valence-corrected chi connectivity index (χ3v) is 1.66. The zero-order chi connectivity index (χ0) is 12.5. The Kier molecular flexibility index (Phi) is 3.70. The summed E-state index contributed by atoms with van der Waals surface area (Å²) in [6.45, 7) is 0. The van der Waals surface area contributed by atoms with Crippen molar-refractivity contribution in [1.29, 1.82) is 0 Å². The first-order valence-electron chi connectivity index (χ1n) is 2.93. The number of halogens is 7. The van der Waals surface area contributed by atoms with E-state index in [9.17, 15) is 35.9 Å². The van der Waals surface area contributed by atoms with Gasteiger partial charge in [-0.3, -0.25) is 4.79 Å². The average molecular weight is 300 g/mol. The number of nitrogens with zero attached hydrogens (tertiary/aromatic N) is 1. The van der Waals surface area contributed by atoms with E-state index in [1.165, 1.54) is 0 Å². The minimum Gasteiger partial charge on any atom is -0.264 e. The molecule has 10 heteroatoms. The lowest BCUT2D eigenvalue weighted by atomic mass is 10.1. The molecule has 86 valence electrons. The Morgan fingerprint density at radius 3 is 1.80 bits per heavy atom. The van der Waals surface area contributed by atoms with E-state index in [-0.39, 0.29) is 6.08 Å². The molecule has 15 heavy (non-hydrogen) atoms. The third-order valence-electron chi connectivity index (χ3n) is 1.17. The highest BCUT2D eigenvalue weighted by atomic mass is 79.9. The second-order valence-electron chi connectivity index (χ2n) is 2.15. The number of isocyanates is 1. The molecule has 0 rings (SSSR count). The van der Waals surface area contributed by atoms with Gasteiger partial charge >= 0.3 is 22.6 Å². The molecule has 0 bridgehead atoms. The third kappa shape index (κ3) is 2.37. The van der Waals surface area contributed by atoms with Crippen molar-refractivity contribution in [1.82, 2.24) is 0 Å². The van der Waals surface area contributed by atoms with Gasteiger partial charge in [0.05, 0.1) is 0 Å². The molecule has 0 saturated heterocycles. The molecular formula is C5BrF6NO2. The van der Waals surface area contributed by atoms with Gasteiger partial charge in [-0.25, -0.2) is 4.79 Å². The fourth-order valence-electron chi connectivity index (χ4n) is 0.424. The zero-order valence-electron chi connectivity index (χ0n) is 6.41. The molecule has 0 aliphatic heterocycles. The van der Waals surface area contributed by atoms with E-state index in [1.54, 1.807) is 4.99 Å². The van der Waals surface area contributed by atoms with Crippen molar-refractivity contribution in [3.05, 3.63) is 0 Å². The first kappa shape index (κ1) is 14.1. The topological polar surface area (TPSA) is 46.5 Å². The molecule has 1 amide bonds. The summed E-state index contributed by atoms with van der Waals surface area (Å²) >= 11 is 1.000. The van der Waals surface area contributed by atoms with Gasteiger partial charge in [0.1, 0.15) is 0 Å². The monoisotopic (exact) mass is 299 g/mol. The molecule has 0 aromatic carbocycles. The first-order chi connectivity index (χ1) is 6.48. The van der Waals surface area contributed by atoms with Crippen molar-refractivity contribution in [3.8, 4) is 0 Å². The molecule has 0 spiro atoms. The molecule has 0 atom stereocenters. The van der Waals surface area contributed by atoms with Crippen LogP contribution in [0.2, 0.25) is 0 Å². The van der Waals surface area contributed by atoms with Crippen LogP contribution < -0.4 is 0 Å². The van der Waals surface area contributed by atoms with Crippen molar-refractivity contribution in [2.75, 3.05) is 0 Å². The summed E-state index contributed by atoms with van der Waals surface area (Å²) in [6.07, 6.45) is 0.249. The van der Waals surface area contributed by atoms with Crippen LogP contribution in [-0.2, 0) is 9.59 Å². The van der Waals surface area contributed by atoms with Crippen LogP contribution in [0, 0.1) is 0 Å². The van der Waals surface area contributed by atoms with Crippen molar-refractivity contribution >= 4 is 27.9 Å². The first-order valence-corrected chi connectivity index (χ1v) is 3.72. The summed E-state index contributed by atoms with van der Waals surface area (Å²) < 4.78 is 73.4. The van der Waals surface area contributed by atoms with Crippen LogP contribution in [0.4, 0.5) is 26.3 Å². The molecule has 0 aromatic heterocycles. The summed E-state index contributed by atoms with van der Waals surface area (Å²) in [5.41, 5.74) is 0. The van der Waals surface area contributed by atoms with Crippen LogP contribution in [0.5, 0.6) is 0 Å². The lowest BCUT2D eigenvalue weighted by molar-refractivity contribution is -0.262. The minimum atomic E-state index is -6.02.